The van der Waals surface area contributed by atoms with Gasteiger partial charge in [0.15, 0.2) is 5.69 Å². The molecule has 1 saturated carbocycles. The van der Waals surface area contributed by atoms with Gasteiger partial charge in [-0.05, 0) is 30.5 Å². The molecular weight excluding hydrogens is 296 g/mol. The van der Waals surface area contributed by atoms with Crippen LogP contribution >= 0.6 is 0 Å². The Morgan fingerprint density at radius 2 is 2.13 bits per heavy atom. The van der Waals surface area contributed by atoms with Gasteiger partial charge in [0, 0.05) is 6.04 Å². The quantitative estimate of drug-likeness (QED) is 0.924. The minimum Gasteiger partial charge on any atom is -0.497 e. The highest BCUT2D eigenvalue weighted by atomic mass is 16.5. The molecule has 1 aromatic heterocycles. The lowest BCUT2D eigenvalue weighted by Crippen LogP contribution is -2.28. The molecule has 0 saturated heterocycles. The molecule has 1 amide bonds. The maximum atomic E-state index is 12.2. The Balaban J connectivity index is 1.50. The maximum Gasteiger partial charge on any atom is 0.274 e. The molecule has 1 aromatic carbocycles. The molecule has 1 aliphatic carbocycles. The normalized spacial score (nSPS) is 20.0. The van der Waals surface area contributed by atoms with E-state index in [4.69, 9.17) is 9.47 Å². The maximum absolute atomic E-state index is 12.2. The van der Waals surface area contributed by atoms with Gasteiger partial charge >= 0.3 is 0 Å². The average molecular weight is 314 g/mol. The number of fused-ring (bicyclic) bond motifs is 1. The van der Waals surface area contributed by atoms with Crippen LogP contribution in [-0.2, 0) is 17.9 Å². The summed E-state index contributed by atoms with van der Waals surface area (Å²) < 4.78 is 12.8. The molecule has 23 heavy (non-hydrogen) atoms. The Morgan fingerprint density at radius 1 is 1.35 bits per heavy atom. The second kappa shape index (κ2) is 5.66. The largest absolute Gasteiger partial charge is 0.497 e. The number of hydrogen-bond donors (Lipinski definition) is 1. The molecule has 2 aromatic rings. The number of amides is 1. The molecule has 0 spiro atoms. The highest BCUT2D eigenvalue weighted by molar-refractivity contribution is 5.93. The van der Waals surface area contributed by atoms with Gasteiger partial charge < -0.3 is 14.8 Å². The van der Waals surface area contributed by atoms with E-state index in [0.717, 1.165) is 29.8 Å². The fourth-order valence-corrected chi connectivity index (χ4v) is 2.69. The summed E-state index contributed by atoms with van der Waals surface area (Å²) in [7, 11) is 1.64. The molecule has 7 nitrogen and oxygen atoms in total. The van der Waals surface area contributed by atoms with E-state index in [1.54, 1.807) is 11.8 Å². The van der Waals surface area contributed by atoms with Crippen molar-refractivity contribution < 1.29 is 14.3 Å². The van der Waals surface area contributed by atoms with Gasteiger partial charge in [0.2, 0.25) is 0 Å². The summed E-state index contributed by atoms with van der Waals surface area (Å²) in [6.45, 7) is 0.877. The van der Waals surface area contributed by atoms with Crippen LogP contribution < -0.4 is 10.1 Å². The third-order valence-corrected chi connectivity index (χ3v) is 4.21. The Morgan fingerprint density at radius 3 is 2.83 bits per heavy atom. The van der Waals surface area contributed by atoms with Crippen molar-refractivity contribution in [2.75, 3.05) is 7.11 Å². The van der Waals surface area contributed by atoms with Crippen molar-refractivity contribution in [3.8, 4) is 5.75 Å². The molecule has 0 unspecified atom stereocenters. The second-order valence-electron chi connectivity index (χ2n) is 5.89. The molecule has 2 heterocycles. The predicted molar refractivity (Wildman–Crippen MR) is 81.0 cm³/mol. The van der Waals surface area contributed by atoms with E-state index < -0.39 is 0 Å². The van der Waals surface area contributed by atoms with Gasteiger partial charge in [-0.1, -0.05) is 17.3 Å². The lowest BCUT2D eigenvalue weighted by atomic mass is 10.1. The van der Waals surface area contributed by atoms with E-state index in [1.807, 2.05) is 24.3 Å². The van der Waals surface area contributed by atoms with Crippen molar-refractivity contribution in [2.45, 2.75) is 38.1 Å². The first-order valence-electron chi connectivity index (χ1n) is 7.73. The minimum absolute atomic E-state index is 0.102. The van der Waals surface area contributed by atoms with Crippen LogP contribution in [0.2, 0.25) is 0 Å². The van der Waals surface area contributed by atoms with Gasteiger partial charge in [0.25, 0.3) is 5.91 Å². The SMILES string of the molecule is COc1ccc([C@H]2Cn3nnc(C(=O)NC4CC4)c3CO2)cc1. The summed E-state index contributed by atoms with van der Waals surface area (Å²) >= 11 is 0. The standard InChI is InChI=1S/C16H18N4O3/c1-22-12-6-2-10(3-7-12)14-8-20-13(9-23-14)15(18-19-20)16(21)17-11-4-5-11/h2-3,6-7,11,14H,4-5,8-9H2,1H3,(H,17,21)/t14-/m1/s1. The molecule has 1 atom stereocenters. The molecule has 4 rings (SSSR count). The number of rotatable bonds is 4. The first kappa shape index (κ1) is 14.2. The van der Waals surface area contributed by atoms with Crippen LogP contribution in [0.25, 0.3) is 0 Å². The number of ether oxygens (including phenoxy) is 2. The Labute approximate surface area is 133 Å². The number of hydrogen-bond acceptors (Lipinski definition) is 5. The Hall–Kier alpha value is -2.41. The first-order chi connectivity index (χ1) is 11.2. The van der Waals surface area contributed by atoms with E-state index in [1.165, 1.54) is 0 Å². The van der Waals surface area contributed by atoms with Crippen molar-refractivity contribution in [3.63, 3.8) is 0 Å². The summed E-state index contributed by atoms with van der Waals surface area (Å²) in [6, 6.07) is 8.07. The van der Waals surface area contributed by atoms with Crippen LogP contribution in [0.5, 0.6) is 5.75 Å². The highest BCUT2D eigenvalue weighted by Crippen LogP contribution is 2.28. The van der Waals surface area contributed by atoms with E-state index in [9.17, 15) is 4.79 Å². The van der Waals surface area contributed by atoms with Gasteiger partial charge in [0.1, 0.15) is 11.9 Å². The average Bonchev–Trinajstić information content (AvgIpc) is 3.30. The predicted octanol–water partition coefficient (Wildman–Crippen LogP) is 1.45. The van der Waals surface area contributed by atoms with Crippen LogP contribution in [0.3, 0.4) is 0 Å². The number of aromatic nitrogens is 3. The van der Waals surface area contributed by atoms with Crippen molar-refractivity contribution >= 4 is 5.91 Å². The number of carbonyl (C=O) groups is 1. The fourth-order valence-electron chi connectivity index (χ4n) is 2.69. The summed E-state index contributed by atoms with van der Waals surface area (Å²) in [6.07, 6.45) is 1.99. The summed E-state index contributed by atoms with van der Waals surface area (Å²) in [5.74, 6) is 0.658. The highest BCUT2D eigenvalue weighted by Gasteiger charge is 2.30. The summed E-state index contributed by atoms with van der Waals surface area (Å²) in [5, 5.41) is 11.1. The number of nitrogens with one attached hydrogen (secondary N) is 1. The van der Waals surface area contributed by atoms with E-state index in [2.05, 4.69) is 15.6 Å². The molecule has 0 bridgehead atoms. The van der Waals surface area contributed by atoms with Crippen LogP contribution in [-0.4, -0.2) is 34.1 Å². The minimum atomic E-state index is -0.153. The zero-order chi connectivity index (χ0) is 15.8. The Bertz CT molecular complexity index is 721. The van der Waals surface area contributed by atoms with Crippen molar-refractivity contribution in [2.24, 2.45) is 0 Å². The lowest BCUT2D eigenvalue weighted by Gasteiger charge is -2.24. The number of benzene rings is 1. The number of carbonyl (C=O) groups excluding carboxylic acids is 1. The van der Waals surface area contributed by atoms with E-state index in [0.29, 0.717) is 24.9 Å². The van der Waals surface area contributed by atoms with E-state index >= 15 is 0 Å². The third kappa shape index (κ3) is 2.79. The van der Waals surface area contributed by atoms with Crippen molar-refractivity contribution in [3.05, 3.63) is 41.2 Å². The third-order valence-electron chi connectivity index (χ3n) is 4.21. The zero-order valence-electron chi connectivity index (χ0n) is 12.9. The monoisotopic (exact) mass is 314 g/mol. The zero-order valence-corrected chi connectivity index (χ0v) is 12.9. The molecule has 120 valence electrons. The van der Waals surface area contributed by atoms with Crippen LogP contribution in [0.4, 0.5) is 0 Å². The van der Waals surface area contributed by atoms with Crippen LogP contribution in [0.15, 0.2) is 24.3 Å². The van der Waals surface area contributed by atoms with Gasteiger partial charge in [-0.15, -0.1) is 5.10 Å². The molecule has 2 aliphatic rings. The summed E-state index contributed by atoms with van der Waals surface area (Å²) in [5.41, 5.74) is 2.17. The molecular formula is C16H18N4O3. The molecule has 1 aliphatic heterocycles. The summed E-state index contributed by atoms with van der Waals surface area (Å²) in [4.78, 5) is 12.2. The fraction of sp³-hybridized carbons (Fsp3) is 0.438. The molecule has 1 N–H and O–H groups in total. The van der Waals surface area contributed by atoms with E-state index in [-0.39, 0.29) is 12.0 Å². The molecule has 0 radical (unpaired) electrons. The van der Waals surface area contributed by atoms with Gasteiger partial charge in [-0.25, -0.2) is 4.68 Å². The van der Waals surface area contributed by atoms with Crippen LogP contribution in [0, 0.1) is 0 Å². The lowest BCUT2D eigenvalue weighted by molar-refractivity contribution is -0.00179. The molecule has 1 fully saturated rings. The van der Waals surface area contributed by atoms with Gasteiger partial charge in [-0.3, -0.25) is 4.79 Å². The van der Waals surface area contributed by atoms with Crippen LogP contribution in [0.1, 0.15) is 40.7 Å². The van der Waals surface area contributed by atoms with Crippen molar-refractivity contribution in [1.29, 1.82) is 0 Å². The number of methoxy groups -OCH3 is 1. The smallest absolute Gasteiger partial charge is 0.274 e. The Kier molecular flexibility index (Phi) is 3.49. The number of nitrogens with zero attached hydrogens (tertiary/aromatic N) is 3. The first-order valence-corrected chi connectivity index (χ1v) is 7.73. The van der Waals surface area contributed by atoms with Gasteiger partial charge in [0.05, 0.1) is 26.0 Å². The second-order valence-corrected chi connectivity index (χ2v) is 5.89. The van der Waals surface area contributed by atoms with Crippen molar-refractivity contribution in [1.82, 2.24) is 20.3 Å². The molecule has 7 heteroatoms. The van der Waals surface area contributed by atoms with Gasteiger partial charge in [-0.2, -0.15) is 0 Å². The topological polar surface area (TPSA) is 78.3 Å².